The van der Waals surface area contributed by atoms with Gasteiger partial charge in [-0.15, -0.1) is 0 Å². The van der Waals surface area contributed by atoms with Gasteiger partial charge in [0.1, 0.15) is 11.5 Å². The van der Waals surface area contributed by atoms with Crippen LogP contribution in [0, 0.1) is 0 Å². The monoisotopic (exact) mass is 491 g/mol. The second-order valence-electron chi connectivity index (χ2n) is 7.88. The van der Waals surface area contributed by atoms with Crippen LogP contribution in [-0.2, 0) is 13.1 Å². The molecule has 2 amide bonds. The van der Waals surface area contributed by atoms with Crippen molar-refractivity contribution >= 4 is 34.2 Å². The smallest absolute Gasteiger partial charge is 0.322 e. The van der Waals surface area contributed by atoms with Crippen molar-refractivity contribution in [1.82, 2.24) is 9.88 Å². The van der Waals surface area contributed by atoms with Gasteiger partial charge in [0.05, 0.1) is 37.5 Å². The van der Waals surface area contributed by atoms with Crippen LogP contribution in [-0.4, -0.2) is 29.6 Å². The molecule has 3 aromatic carbocycles. The predicted octanol–water partition coefficient (Wildman–Crippen LogP) is 5.82. The standard InChI is InChI=1S/C27H26ClN3O4/c1-3-35-21-12-13-23-19(15-21)14-20(26(32)29-23)17-31(16-18-8-4-7-11-25(18)34-2)27(33)30-24-10-6-5-9-22(24)28/h4-15H,3,16-17H2,1-2H3,(H,29,32)(H,30,33). The molecule has 7 nitrogen and oxygen atoms in total. The molecule has 0 atom stereocenters. The molecule has 0 aliphatic heterocycles. The minimum atomic E-state index is -0.397. The van der Waals surface area contributed by atoms with Gasteiger partial charge >= 0.3 is 6.03 Å². The van der Waals surface area contributed by atoms with E-state index in [0.29, 0.717) is 39.9 Å². The summed E-state index contributed by atoms with van der Waals surface area (Å²) in [5.41, 5.74) is 2.16. The largest absolute Gasteiger partial charge is 0.496 e. The highest BCUT2D eigenvalue weighted by atomic mass is 35.5. The van der Waals surface area contributed by atoms with Crippen LogP contribution in [0.3, 0.4) is 0 Å². The molecule has 1 aromatic heterocycles. The minimum absolute atomic E-state index is 0.0679. The first kappa shape index (κ1) is 24.2. The summed E-state index contributed by atoms with van der Waals surface area (Å²) in [4.78, 5) is 30.7. The SMILES string of the molecule is CCOc1ccc2[nH]c(=O)c(CN(Cc3ccccc3OC)C(=O)Nc3ccccc3Cl)cc2c1. The molecule has 0 fully saturated rings. The van der Waals surface area contributed by atoms with Gasteiger partial charge < -0.3 is 24.7 Å². The van der Waals surface area contributed by atoms with Crippen molar-refractivity contribution in [1.29, 1.82) is 0 Å². The second kappa shape index (κ2) is 11.0. The second-order valence-corrected chi connectivity index (χ2v) is 8.29. The summed E-state index contributed by atoms with van der Waals surface area (Å²) in [5.74, 6) is 1.36. The number of fused-ring (bicyclic) bond motifs is 1. The summed E-state index contributed by atoms with van der Waals surface area (Å²) >= 11 is 6.25. The molecule has 0 aliphatic rings. The van der Waals surface area contributed by atoms with Crippen molar-refractivity contribution in [3.05, 3.63) is 99.3 Å². The molecule has 0 saturated carbocycles. The molecule has 2 N–H and O–H groups in total. The number of urea groups is 1. The topological polar surface area (TPSA) is 83.7 Å². The number of nitrogens with one attached hydrogen (secondary N) is 2. The molecule has 4 aromatic rings. The number of H-pyrrole nitrogens is 1. The average Bonchev–Trinajstić information content (AvgIpc) is 2.86. The van der Waals surface area contributed by atoms with Gasteiger partial charge in [0.15, 0.2) is 0 Å². The number of ether oxygens (including phenoxy) is 2. The highest BCUT2D eigenvalue weighted by Crippen LogP contribution is 2.25. The van der Waals surface area contributed by atoms with Crippen molar-refractivity contribution in [3.8, 4) is 11.5 Å². The van der Waals surface area contributed by atoms with Crippen LogP contribution in [0.1, 0.15) is 18.1 Å². The lowest BCUT2D eigenvalue weighted by atomic mass is 10.1. The summed E-state index contributed by atoms with van der Waals surface area (Å²) in [7, 11) is 1.58. The van der Waals surface area contributed by atoms with Crippen LogP contribution in [0.2, 0.25) is 5.02 Å². The van der Waals surface area contributed by atoms with Gasteiger partial charge in [0, 0.05) is 22.0 Å². The average molecular weight is 492 g/mol. The van der Waals surface area contributed by atoms with E-state index in [-0.39, 0.29) is 18.6 Å². The van der Waals surface area contributed by atoms with Gasteiger partial charge in [0.2, 0.25) is 0 Å². The molecular formula is C27H26ClN3O4. The van der Waals surface area contributed by atoms with Gasteiger partial charge in [0.25, 0.3) is 5.56 Å². The zero-order valence-corrected chi connectivity index (χ0v) is 20.3. The summed E-state index contributed by atoms with van der Waals surface area (Å²) in [5, 5.41) is 4.09. The fourth-order valence-electron chi connectivity index (χ4n) is 3.80. The molecule has 0 unspecified atom stereocenters. The lowest BCUT2D eigenvalue weighted by Gasteiger charge is -2.24. The van der Waals surface area contributed by atoms with Crippen LogP contribution in [0.5, 0.6) is 11.5 Å². The van der Waals surface area contributed by atoms with E-state index in [1.54, 1.807) is 42.3 Å². The Morgan fingerprint density at radius 2 is 1.74 bits per heavy atom. The highest BCUT2D eigenvalue weighted by Gasteiger charge is 2.19. The molecule has 1 heterocycles. The van der Waals surface area contributed by atoms with E-state index in [1.807, 2.05) is 49.4 Å². The Bertz CT molecular complexity index is 1400. The number of amides is 2. The maximum absolute atomic E-state index is 13.4. The number of anilines is 1. The molecular weight excluding hydrogens is 466 g/mol. The first-order valence-electron chi connectivity index (χ1n) is 11.2. The van der Waals surface area contributed by atoms with Gasteiger partial charge in [-0.25, -0.2) is 4.79 Å². The number of halogens is 1. The normalized spacial score (nSPS) is 10.7. The van der Waals surface area contributed by atoms with E-state index in [0.717, 1.165) is 10.9 Å². The molecule has 180 valence electrons. The van der Waals surface area contributed by atoms with Crippen LogP contribution in [0.15, 0.2) is 77.6 Å². The van der Waals surface area contributed by atoms with E-state index in [4.69, 9.17) is 21.1 Å². The first-order valence-corrected chi connectivity index (χ1v) is 11.6. The molecule has 0 spiro atoms. The number of methoxy groups -OCH3 is 1. The molecule has 0 saturated heterocycles. The summed E-state index contributed by atoms with van der Waals surface area (Å²) in [6.07, 6.45) is 0. The summed E-state index contributed by atoms with van der Waals surface area (Å²) in [6, 6.07) is 21.3. The Balaban J connectivity index is 1.69. The Morgan fingerprint density at radius 1 is 1.00 bits per heavy atom. The molecule has 4 rings (SSSR count). The number of carbonyl (C=O) groups excluding carboxylic acids is 1. The quantitative estimate of drug-likeness (QED) is 0.325. The van der Waals surface area contributed by atoms with Gasteiger partial charge in [-0.2, -0.15) is 0 Å². The van der Waals surface area contributed by atoms with E-state index in [2.05, 4.69) is 10.3 Å². The number of rotatable bonds is 8. The van der Waals surface area contributed by atoms with Crippen LogP contribution in [0.25, 0.3) is 10.9 Å². The summed E-state index contributed by atoms with van der Waals surface area (Å²) in [6.45, 7) is 2.74. The maximum atomic E-state index is 13.4. The van der Waals surface area contributed by atoms with E-state index in [1.165, 1.54) is 0 Å². The third kappa shape index (κ3) is 5.75. The number of aromatic nitrogens is 1. The lowest BCUT2D eigenvalue weighted by Crippen LogP contribution is -2.36. The third-order valence-corrected chi connectivity index (χ3v) is 5.85. The van der Waals surface area contributed by atoms with E-state index in [9.17, 15) is 9.59 Å². The van der Waals surface area contributed by atoms with Crippen LogP contribution < -0.4 is 20.3 Å². The zero-order valence-electron chi connectivity index (χ0n) is 19.5. The van der Waals surface area contributed by atoms with Gasteiger partial charge in [-0.05, 0) is 49.4 Å². The maximum Gasteiger partial charge on any atom is 0.322 e. The number of aromatic amines is 1. The Kier molecular flexibility index (Phi) is 7.57. The van der Waals surface area contributed by atoms with Crippen molar-refractivity contribution in [2.24, 2.45) is 0 Å². The number of carbonyl (C=O) groups is 1. The predicted molar refractivity (Wildman–Crippen MR) is 138 cm³/mol. The number of hydrogen-bond donors (Lipinski definition) is 2. The molecule has 35 heavy (non-hydrogen) atoms. The Labute approximate surface area is 208 Å². The van der Waals surface area contributed by atoms with Crippen molar-refractivity contribution in [2.45, 2.75) is 20.0 Å². The number of nitrogens with zero attached hydrogens (tertiary/aromatic N) is 1. The fourth-order valence-corrected chi connectivity index (χ4v) is 3.99. The fraction of sp³-hybridized carbons (Fsp3) is 0.185. The van der Waals surface area contributed by atoms with Gasteiger partial charge in [-0.3, -0.25) is 4.79 Å². The van der Waals surface area contributed by atoms with Crippen molar-refractivity contribution in [3.63, 3.8) is 0 Å². The molecule has 8 heteroatoms. The third-order valence-electron chi connectivity index (χ3n) is 5.52. The van der Waals surface area contributed by atoms with E-state index < -0.39 is 6.03 Å². The van der Waals surface area contributed by atoms with Crippen molar-refractivity contribution < 1.29 is 14.3 Å². The number of hydrogen-bond acceptors (Lipinski definition) is 4. The molecule has 0 aliphatic carbocycles. The van der Waals surface area contributed by atoms with Crippen LogP contribution in [0.4, 0.5) is 10.5 Å². The van der Waals surface area contributed by atoms with Crippen molar-refractivity contribution in [2.75, 3.05) is 19.0 Å². The molecule has 0 bridgehead atoms. The number of para-hydroxylation sites is 2. The van der Waals surface area contributed by atoms with Crippen LogP contribution >= 0.6 is 11.6 Å². The highest BCUT2D eigenvalue weighted by molar-refractivity contribution is 6.33. The molecule has 0 radical (unpaired) electrons. The Morgan fingerprint density at radius 3 is 2.51 bits per heavy atom. The lowest BCUT2D eigenvalue weighted by molar-refractivity contribution is 0.205. The zero-order chi connectivity index (χ0) is 24.8. The first-order chi connectivity index (χ1) is 17.0. The summed E-state index contributed by atoms with van der Waals surface area (Å²) < 4.78 is 11.1. The van der Waals surface area contributed by atoms with Gasteiger partial charge in [-0.1, -0.05) is 41.9 Å². The Hall–Kier alpha value is -3.97. The van der Waals surface area contributed by atoms with E-state index >= 15 is 0 Å². The number of pyridine rings is 1. The number of benzene rings is 3. The minimum Gasteiger partial charge on any atom is -0.496 e.